The molecule has 27 heteroatoms. The van der Waals surface area contributed by atoms with Crippen LogP contribution in [0.1, 0.15) is 137 Å². The minimum atomic E-state index is -3.87. The fourth-order valence-electron chi connectivity index (χ4n) is 9.09. The van der Waals surface area contributed by atoms with Crippen molar-refractivity contribution in [2.75, 3.05) is 54.9 Å². The average molecular weight is 1160 g/mol. The van der Waals surface area contributed by atoms with Gasteiger partial charge < -0.3 is 24.4 Å². The highest BCUT2D eigenvalue weighted by Crippen LogP contribution is 2.34. The molecule has 3 N–H and O–H groups in total. The number of nitrogens with zero attached hydrogens (tertiary/aromatic N) is 7. The Bertz CT molecular complexity index is 3160. The number of amides is 2. The van der Waals surface area contributed by atoms with Crippen LogP contribution >= 0.6 is 0 Å². The monoisotopic (exact) mass is 1160 g/mol. The summed E-state index contributed by atoms with van der Waals surface area (Å²) in [6, 6.07) is 17.3. The van der Waals surface area contributed by atoms with Crippen LogP contribution in [0.5, 0.6) is 0 Å². The third kappa shape index (κ3) is 17.9. The van der Waals surface area contributed by atoms with Crippen molar-refractivity contribution in [2.24, 2.45) is 23.7 Å². The second-order valence-corrected chi connectivity index (χ2v) is 22.6. The van der Waals surface area contributed by atoms with E-state index in [0.29, 0.717) is 37.4 Å². The Kier molecular flexibility index (Phi) is 23.2. The van der Waals surface area contributed by atoms with E-state index in [9.17, 15) is 68.9 Å². The maximum atomic E-state index is 13.6. The van der Waals surface area contributed by atoms with Crippen LogP contribution in [0.2, 0.25) is 0 Å². The number of alkyl halides is 4. The summed E-state index contributed by atoms with van der Waals surface area (Å²) in [4.78, 5) is 74.3. The number of aromatic nitrogens is 3. The predicted molar refractivity (Wildman–Crippen MR) is 281 cm³/mol. The quantitative estimate of drug-likeness (QED) is 0.0636. The zero-order valence-electron chi connectivity index (χ0n) is 44.1. The van der Waals surface area contributed by atoms with Crippen molar-refractivity contribution in [3.8, 4) is 12.1 Å². The summed E-state index contributed by atoms with van der Waals surface area (Å²) in [6.45, 7) is 4.65. The Morgan fingerprint density at radius 1 is 0.738 bits per heavy atom. The average Bonchev–Trinajstić information content (AvgIpc) is 3.53. The largest absolute Gasteiger partial charge is 0.478 e. The highest BCUT2D eigenvalue weighted by molar-refractivity contribution is 7.90. The summed E-state index contributed by atoms with van der Waals surface area (Å²) < 4.78 is 116. The second-order valence-electron chi connectivity index (χ2n) is 19.1. The SMILES string of the molecule is CCOC(=O)c1cc(C#N)c(N2CC(CC(=O)NS(=O)(=O)Cc3ccccc3)C2)nc1C(F)F.CCOC(=O)c1cc(C#N)c(N2CCC(C(=O)NS(=O)(=O)CC3CCC(C)CC3)CC2)nc1CF.O=C(O)c1cccnc1CF. The number of carbonyl (C=O) groups is 5. The summed E-state index contributed by atoms with van der Waals surface area (Å²) in [5.74, 6) is -4.28. The Labute approximate surface area is 460 Å². The first-order chi connectivity index (χ1) is 38.0. The fourth-order valence-corrected chi connectivity index (χ4v) is 11.7. The summed E-state index contributed by atoms with van der Waals surface area (Å²) in [5.41, 5.74) is -0.998. The van der Waals surface area contributed by atoms with E-state index in [1.54, 1.807) is 42.2 Å². The van der Waals surface area contributed by atoms with Crippen molar-refractivity contribution < 1.29 is 73.0 Å². The number of carbonyl (C=O) groups excluding carboxylic acids is 4. The molecule has 0 spiro atoms. The molecule has 0 atom stereocenters. The number of esters is 2. The van der Waals surface area contributed by atoms with Gasteiger partial charge >= 0.3 is 17.9 Å². The maximum absolute atomic E-state index is 13.6. The van der Waals surface area contributed by atoms with Crippen LogP contribution < -0.4 is 19.2 Å². The first-order valence-corrected chi connectivity index (χ1v) is 28.8. The minimum absolute atomic E-state index is 0.0257. The van der Waals surface area contributed by atoms with Gasteiger partial charge in [0, 0.05) is 50.6 Å². The zero-order valence-corrected chi connectivity index (χ0v) is 45.7. The number of ether oxygens (including phenoxy) is 2. The lowest BCUT2D eigenvalue weighted by Crippen LogP contribution is -2.49. The minimum Gasteiger partial charge on any atom is -0.478 e. The van der Waals surface area contributed by atoms with Crippen LogP contribution in [0.4, 0.5) is 29.2 Å². The molecule has 0 radical (unpaired) electrons. The van der Waals surface area contributed by atoms with Crippen LogP contribution in [-0.2, 0) is 58.2 Å². The van der Waals surface area contributed by atoms with E-state index >= 15 is 0 Å². The van der Waals surface area contributed by atoms with Crippen molar-refractivity contribution in [3.05, 3.63) is 111 Å². The number of anilines is 2. The molecule has 1 saturated carbocycles. The lowest BCUT2D eigenvalue weighted by atomic mass is 9.84. The van der Waals surface area contributed by atoms with Gasteiger partial charge in [0.05, 0.1) is 63.9 Å². The van der Waals surface area contributed by atoms with E-state index in [2.05, 4.69) is 26.6 Å². The molecule has 2 saturated heterocycles. The van der Waals surface area contributed by atoms with E-state index in [1.807, 2.05) is 16.9 Å². The molecule has 1 aliphatic carbocycles. The number of pyridine rings is 3. The van der Waals surface area contributed by atoms with Gasteiger partial charge in [0.25, 0.3) is 6.43 Å². The fraction of sp³-hybridized carbons (Fsp3) is 0.472. The number of sulfonamides is 2. The molecule has 21 nitrogen and oxygen atoms in total. The van der Waals surface area contributed by atoms with Crippen LogP contribution in [-0.4, -0.2) is 112 Å². The molecule has 3 fully saturated rings. The molecule has 3 aliphatic rings. The number of aromatic carboxylic acids is 1. The Morgan fingerprint density at radius 2 is 1.31 bits per heavy atom. The molecule has 80 heavy (non-hydrogen) atoms. The van der Waals surface area contributed by atoms with Crippen molar-refractivity contribution >= 4 is 61.4 Å². The highest BCUT2D eigenvalue weighted by atomic mass is 32.2. The number of benzene rings is 1. The van der Waals surface area contributed by atoms with Gasteiger partial charge in [0.2, 0.25) is 31.9 Å². The van der Waals surface area contributed by atoms with Crippen LogP contribution in [0.3, 0.4) is 0 Å². The second kappa shape index (κ2) is 29.4. The predicted octanol–water partition coefficient (Wildman–Crippen LogP) is 6.88. The van der Waals surface area contributed by atoms with Crippen LogP contribution in [0.25, 0.3) is 0 Å². The highest BCUT2D eigenvalue weighted by Gasteiger charge is 2.35. The summed E-state index contributed by atoms with van der Waals surface area (Å²) in [5, 5.41) is 27.5. The molecule has 4 aromatic rings. The number of rotatable bonds is 19. The van der Waals surface area contributed by atoms with Crippen molar-refractivity contribution in [3.63, 3.8) is 0 Å². The number of hydrogen-bond donors (Lipinski definition) is 3. The van der Waals surface area contributed by atoms with Gasteiger partial charge in [0.15, 0.2) is 0 Å². The van der Waals surface area contributed by atoms with E-state index < -0.39 is 86.7 Å². The molecule has 0 unspecified atom stereocenters. The van der Waals surface area contributed by atoms with E-state index in [-0.39, 0.29) is 101 Å². The van der Waals surface area contributed by atoms with E-state index in [1.165, 1.54) is 36.2 Å². The first-order valence-electron chi connectivity index (χ1n) is 25.5. The van der Waals surface area contributed by atoms with Crippen LogP contribution in [0.15, 0.2) is 60.8 Å². The smallest absolute Gasteiger partial charge is 0.340 e. The molecular weight excluding hydrogens is 1090 g/mol. The molecule has 1 aromatic carbocycles. The van der Waals surface area contributed by atoms with E-state index in [4.69, 9.17) is 14.6 Å². The Morgan fingerprint density at radius 3 is 1.85 bits per heavy atom. The Hall–Kier alpha value is -7.78. The molecule has 5 heterocycles. The molecule has 2 amide bonds. The lowest BCUT2D eigenvalue weighted by Gasteiger charge is -2.40. The van der Waals surface area contributed by atoms with Gasteiger partial charge in [-0.05, 0) is 81.2 Å². The standard InChI is InChI=1S/C24H33FN4O5S.C22H22F2N4O5S.C7H6FNO2/c1-3-34-24(31)20-12-19(14-26)22(27-21(20)13-25)29-10-8-18(9-11-29)23(30)28-35(32,33)15-17-6-4-16(2)5-7-17;1-2-33-22(30)17-9-16(10-25)21(26-19(17)20(23)24)28-11-15(12-28)8-18(29)27-34(31,32)13-14-6-4-3-5-7-14;8-4-6-5(7(10)11)2-1-3-9-6/h12,16-18H,3-11,13,15H2,1-2H3,(H,28,30);3-7,9,15,20H,2,8,11-13H2,1H3,(H,27,29);1-3H,4H2,(H,10,11). The topological polar surface area (TPSA) is 309 Å². The molecule has 0 bridgehead atoms. The van der Waals surface area contributed by atoms with Crippen molar-refractivity contribution in [1.82, 2.24) is 24.4 Å². The molecule has 2 aliphatic heterocycles. The van der Waals surface area contributed by atoms with Gasteiger partial charge in [-0.3, -0.25) is 24.0 Å². The zero-order chi connectivity index (χ0) is 58.7. The molecule has 7 rings (SSSR count). The Balaban J connectivity index is 0.000000247. The maximum Gasteiger partial charge on any atom is 0.340 e. The summed E-state index contributed by atoms with van der Waals surface area (Å²) >= 11 is 0. The van der Waals surface area contributed by atoms with Gasteiger partial charge in [-0.2, -0.15) is 10.5 Å². The van der Waals surface area contributed by atoms with Gasteiger partial charge in [-0.25, -0.2) is 58.7 Å². The number of piperidine rings is 1. The summed E-state index contributed by atoms with van der Waals surface area (Å²) in [6.07, 6.45) is 2.66. The number of halogens is 4. The molecule has 3 aromatic heterocycles. The number of hydrogen-bond acceptors (Lipinski definition) is 18. The number of nitriles is 2. The summed E-state index contributed by atoms with van der Waals surface area (Å²) in [7, 11) is -7.57. The normalized spacial score (nSPS) is 16.5. The van der Waals surface area contributed by atoms with E-state index in [0.717, 1.165) is 31.7 Å². The number of carboxylic acid groups (broad SMARTS) is 1. The number of nitrogens with one attached hydrogen (secondary N) is 2. The van der Waals surface area contributed by atoms with Crippen LogP contribution in [0, 0.1) is 46.3 Å². The van der Waals surface area contributed by atoms with Crippen molar-refractivity contribution in [2.45, 2.75) is 91.2 Å². The molecule has 430 valence electrons. The third-order valence-electron chi connectivity index (χ3n) is 13.1. The molecular formula is C53H61F4N9O12S2. The van der Waals surface area contributed by atoms with Gasteiger partial charge in [-0.15, -0.1) is 0 Å². The van der Waals surface area contributed by atoms with Crippen molar-refractivity contribution in [1.29, 1.82) is 10.5 Å². The first kappa shape index (κ1) is 63.1. The third-order valence-corrected chi connectivity index (χ3v) is 15.8. The van der Waals surface area contributed by atoms with Gasteiger partial charge in [-0.1, -0.05) is 50.1 Å². The lowest BCUT2D eigenvalue weighted by molar-refractivity contribution is -0.124. The van der Waals surface area contributed by atoms with Gasteiger partial charge in [0.1, 0.15) is 42.8 Å². The number of carboxylic acids is 1.